The SMILES string of the molecule is CC(C)c1csc(C(=O)NCCN2CCC(F)(F)C2)c1Cl. The van der Waals surface area contributed by atoms with Crippen molar-refractivity contribution < 1.29 is 13.6 Å². The molecule has 0 saturated carbocycles. The van der Waals surface area contributed by atoms with Gasteiger partial charge in [-0.25, -0.2) is 8.78 Å². The number of likely N-dealkylation sites (tertiary alicyclic amines) is 1. The van der Waals surface area contributed by atoms with Crippen molar-refractivity contribution in [3.63, 3.8) is 0 Å². The third-order valence-corrected chi connectivity index (χ3v) is 5.06. The van der Waals surface area contributed by atoms with E-state index in [2.05, 4.69) is 5.32 Å². The molecule has 2 rings (SSSR count). The van der Waals surface area contributed by atoms with Crippen LogP contribution in [0.4, 0.5) is 8.78 Å². The number of hydrogen-bond donors (Lipinski definition) is 1. The Morgan fingerprint density at radius 3 is 2.81 bits per heavy atom. The lowest BCUT2D eigenvalue weighted by Crippen LogP contribution is -2.34. The predicted octanol–water partition coefficient (Wildman–Crippen LogP) is 3.60. The number of rotatable bonds is 5. The van der Waals surface area contributed by atoms with E-state index in [1.807, 2.05) is 19.2 Å². The molecule has 1 amide bonds. The van der Waals surface area contributed by atoms with Crippen molar-refractivity contribution in [2.24, 2.45) is 0 Å². The maximum Gasteiger partial charge on any atom is 0.262 e. The first-order chi connectivity index (χ1) is 9.80. The average Bonchev–Trinajstić information content (AvgIpc) is 2.92. The van der Waals surface area contributed by atoms with E-state index in [4.69, 9.17) is 11.6 Å². The quantitative estimate of drug-likeness (QED) is 0.891. The Labute approximate surface area is 132 Å². The topological polar surface area (TPSA) is 32.3 Å². The van der Waals surface area contributed by atoms with Gasteiger partial charge in [-0.15, -0.1) is 11.3 Å². The van der Waals surface area contributed by atoms with Gasteiger partial charge >= 0.3 is 0 Å². The predicted molar refractivity (Wildman–Crippen MR) is 81.8 cm³/mol. The number of halogens is 3. The number of hydrogen-bond acceptors (Lipinski definition) is 3. The van der Waals surface area contributed by atoms with Crippen molar-refractivity contribution in [3.05, 3.63) is 20.8 Å². The van der Waals surface area contributed by atoms with Crippen LogP contribution < -0.4 is 5.32 Å². The van der Waals surface area contributed by atoms with Gasteiger partial charge in [0.1, 0.15) is 4.88 Å². The van der Waals surface area contributed by atoms with Gasteiger partial charge in [0.15, 0.2) is 0 Å². The van der Waals surface area contributed by atoms with Crippen LogP contribution in [0.15, 0.2) is 5.38 Å². The van der Waals surface area contributed by atoms with Crippen molar-refractivity contribution in [1.82, 2.24) is 10.2 Å². The smallest absolute Gasteiger partial charge is 0.262 e. The van der Waals surface area contributed by atoms with E-state index in [9.17, 15) is 13.6 Å². The van der Waals surface area contributed by atoms with Crippen LogP contribution in [-0.2, 0) is 0 Å². The standard InChI is InChI=1S/C14H19ClF2N2OS/c1-9(2)10-7-21-12(11(10)15)13(20)18-4-6-19-5-3-14(16,17)8-19/h7,9H,3-6,8H2,1-2H3,(H,18,20). The summed E-state index contributed by atoms with van der Waals surface area (Å²) in [6.07, 6.45) is -0.102. The highest BCUT2D eigenvalue weighted by Crippen LogP contribution is 2.32. The zero-order valence-corrected chi connectivity index (χ0v) is 13.7. The molecule has 118 valence electrons. The molecule has 0 atom stereocenters. The number of carbonyl (C=O) groups is 1. The van der Waals surface area contributed by atoms with E-state index < -0.39 is 5.92 Å². The lowest BCUT2D eigenvalue weighted by Gasteiger charge is -2.15. The maximum absolute atomic E-state index is 13.0. The minimum absolute atomic E-state index is 0.102. The number of alkyl halides is 2. The van der Waals surface area contributed by atoms with Crippen LogP contribution in [0.3, 0.4) is 0 Å². The third-order valence-electron chi connectivity index (χ3n) is 3.55. The first-order valence-electron chi connectivity index (χ1n) is 6.95. The van der Waals surface area contributed by atoms with E-state index >= 15 is 0 Å². The minimum atomic E-state index is -2.59. The Bertz CT molecular complexity index is 519. The second-order valence-electron chi connectivity index (χ2n) is 5.63. The molecule has 1 fully saturated rings. The van der Waals surface area contributed by atoms with Gasteiger partial charge in [-0.3, -0.25) is 9.69 Å². The van der Waals surface area contributed by atoms with Crippen LogP contribution in [0.2, 0.25) is 5.02 Å². The fourth-order valence-corrected chi connectivity index (χ4v) is 3.90. The van der Waals surface area contributed by atoms with Crippen LogP contribution in [0.25, 0.3) is 0 Å². The van der Waals surface area contributed by atoms with Crippen LogP contribution in [0, 0.1) is 0 Å². The van der Waals surface area contributed by atoms with E-state index in [0.29, 0.717) is 29.5 Å². The van der Waals surface area contributed by atoms with Gasteiger partial charge in [-0.1, -0.05) is 25.4 Å². The summed E-state index contributed by atoms with van der Waals surface area (Å²) in [4.78, 5) is 14.2. The summed E-state index contributed by atoms with van der Waals surface area (Å²) in [6.45, 7) is 4.97. The number of nitrogens with zero attached hydrogens (tertiary/aromatic N) is 1. The Hall–Kier alpha value is -0.720. The molecule has 0 spiro atoms. The molecule has 1 aliphatic heterocycles. The van der Waals surface area contributed by atoms with Crippen molar-refractivity contribution in [2.45, 2.75) is 32.1 Å². The highest BCUT2D eigenvalue weighted by atomic mass is 35.5. The molecule has 2 heterocycles. The summed E-state index contributed by atoms with van der Waals surface area (Å²) in [6, 6.07) is 0. The second kappa shape index (κ2) is 6.58. The van der Waals surface area contributed by atoms with Crippen molar-refractivity contribution >= 4 is 28.8 Å². The molecule has 0 aromatic carbocycles. The molecular weight excluding hydrogens is 318 g/mol. The fourth-order valence-electron chi connectivity index (χ4n) is 2.31. The lowest BCUT2D eigenvalue weighted by atomic mass is 10.1. The summed E-state index contributed by atoms with van der Waals surface area (Å²) >= 11 is 7.52. The Morgan fingerprint density at radius 2 is 2.29 bits per heavy atom. The highest BCUT2D eigenvalue weighted by molar-refractivity contribution is 7.13. The number of amides is 1. The molecule has 0 bridgehead atoms. The van der Waals surface area contributed by atoms with Gasteiger partial charge in [0.25, 0.3) is 11.8 Å². The van der Waals surface area contributed by atoms with Crippen molar-refractivity contribution in [1.29, 1.82) is 0 Å². The summed E-state index contributed by atoms with van der Waals surface area (Å²) in [5, 5.41) is 5.14. The normalized spacial score (nSPS) is 18.4. The summed E-state index contributed by atoms with van der Waals surface area (Å²) in [5.74, 6) is -2.56. The summed E-state index contributed by atoms with van der Waals surface area (Å²) in [5.41, 5.74) is 0.964. The third kappa shape index (κ3) is 4.14. The van der Waals surface area contributed by atoms with Gasteiger partial charge < -0.3 is 5.32 Å². The van der Waals surface area contributed by atoms with E-state index in [-0.39, 0.29) is 24.8 Å². The Morgan fingerprint density at radius 1 is 1.57 bits per heavy atom. The number of carbonyl (C=O) groups excluding carboxylic acids is 1. The van der Waals surface area contributed by atoms with Crippen LogP contribution in [0.1, 0.15) is 41.4 Å². The van der Waals surface area contributed by atoms with Gasteiger partial charge in [0, 0.05) is 26.1 Å². The van der Waals surface area contributed by atoms with Gasteiger partial charge in [0.2, 0.25) is 0 Å². The molecule has 1 aromatic rings. The lowest BCUT2D eigenvalue weighted by molar-refractivity contribution is 0.0124. The largest absolute Gasteiger partial charge is 0.350 e. The zero-order chi connectivity index (χ0) is 15.6. The molecule has 3 nitrogen and oxygen atoms in total. The Kier molecular flexibility index (Phi) is 5.22. The number of nitrogens with one attached hydrogen (secondary N) is 1. The van der Waals surface area contributed by atoms with Gasteiger partial charge in [-0.05, 0) is 16.9 Å². The monoisotopic (exact) mass is 336 g/mol. The molecule has 1 saturated heterocycles. The molecular formula is C14H19ClF2N2OS. The summed E-state index contributed by atoms with van der Waals surface area (Å²) < 4.78 is 26.1. The van der Waals surface area contributed by atoms with E-state index in [1.54, 1.807) is 4.90 Å². The molecule has 0 unspecified atom stereocenters. The minimum Gasteiger partial charge on any atom is -0.350 e. The van der Waals surface area contributed by atoms with Crippen LogP contribution in [-0.4, -0.2) is 42.9 Å². The first kappa shape index (κ1) is 16.6. The highest BCUT2D eigenvalue weighted by Gasteiger charge is 2.37. The Balaban J connectivity index is 1.83. The molecule has 0 aliphatic carbocycles. The molecule has 7 heteroatoms. The van der Waals surface area contributed by atoms with E-state index in [1.165, 1.54) is 11.3 Å². The molecule has 0 radical (unpaired) electrons. The number of thiophene rings is 1. The molecule has 1 aromatic heterocycles. The fraction of sp³-hybridized carbons (Fsp3) is 0.643. The first-order valence-corrected chi connectivity index (χ1v) is 8.21. The maximum atomic E-state index is 13.0. The molecule has 1 N–H and O–H groups in total. The van der Waals surface area contributed by atoms with E-state index in [0.717, 1.165) is 5.56 Å². The van der Waals surface area contributed by atoms with Crippen LogP contribution in [0.5, 0.6) is 0 Å². The van der Waals surface area contributed by atoms with Crippen molar-refractivity contribution in [3.8, 4) is 0 Å². The van der Waals surface area contributed by atoms with Gasteiger partial charge in [0.05, 0.1) is 11.6 Å². The average molecular weight is 337 g/mol. The zero-order valence-electron chi connectivity index (χ0n) is 12.1. The summed E-state index contributed by atoms with van der Waals surface area (Å²) in [7, 11) is 0. The van der Waals surface area contributed by atoms with Crippen molar-refractivity contribution in [2.75, 3.05) is 26.2 Å². The van der Waals surface area contributed by atoms with Gasteiger partial charge in [-0.2, -0.15) is 0 Å². The van der Waals surface area contributed by atoms with Crippen LogP contribution >= 0.6 is 22.9 Å². The molecule has 1 aliphatic rings. The second-order valence-corrected chi connectivity index (χ2v) is 6.88. The molecule has 21 heavy (non-hydrogen) atoms.